The van der Waals surface area contributed by atoms with Crippen LogP contribution in [0.5, 0.6) is 0 Å². The van der Waals surface area contributed by atoms with Crippen molar-refractivity contribution >= 4 is 33.3 Å². The number of para-hydroxylation sites is 1. The molecule has 3 aromatic heterocycles. The van der Waals surface area contributed by atoms with Crippen LogP contribution >= 0.6 is 0 Å². The Bertz CT molecular complexity index is 1220. The van der Waals surface area contributed by atoms with Crippen LogP contribution in [-0.2, 0) is 9.53 Å². The molecule has 5 rings (SSSR count). The molecule has 1 aliphatic heterocycles. The van der Waals surface area contributed by atoms with Crippen molar-refractivity contribution in [3.63, 3.8) is 0 Å². The third-order valence-corrected chi connectivity index (χ3v) is 5.95. The van der Waals surface area contributed by atoms with Crippen LogP contribution in [0.3, 0.4) is 0 Å². The first-order valence-corrected chi connectivity index (χ1v) is 10.4. The van der Waals surface area contributed by atoms with Crippen molar-refractivity contribution < 1.29 is 9.53 Å². The van der Waals surface area contributed by atoms with Crippen LogP contribution in [0.1, 0.15) is 43.4 Å². The molecule has 1 N–H and O–H groups in total. The van der Waals surface area contributed by atoms with Gasteiger partial charge in [0.15, 0.2) is 0 Å². The third-order valence-electron chi connectivity index (χ3n) is 5.95. The second-order valence-corrected chi connectivity index (χ2v) is 7.94. The van der Waals surface area contributed by atoms with Crippen molar-refractivity contribution in [3.8, 4) is 0 Å². The number of benzene rings is 1. The quantitative estimate of drug-likeness (QED) is 0.516. The smallest absolute Gasteiger partial charge is 0.323 e. The van der Waals surface area contributed by atoms with Gasteiger partial charge in [-0.2, -0.15) is 0 Å². The fourth-order valence-electron chi connectivity index (χ4n) is 4.39. The maximum absolute atomic E-state index is 12.6. The molecule has 2 unspecified atom stereocenters. The molecule has 1 saturated heterocycles. The van der Waals surface area contributed by atoms with Crippen molar-refractivity contribution in [2.45, 2.75) is 45.3 Å². The molecule has 0 radical (unpaired) electrons. The first kappa shape index (κ1) is 18.1. The highest BCUT2D eigenvalue weighted by molar-refractivity contribution is 6.01. The van der Waals surface area contributed by atoms with E-state index in [9.17, 15) is 4.79 Å². The molecule has 4 heterocycles. The lowest BCUT2D eigenvalue weighted by molar-refractivity contribution is -0.151. The molecule has 148 valence electrons. The zero-order valence-corrected chi connectivity index (χ0v) is 16.8. The van der Waals surface area contributed by atoms with E-state index in [2.05, 4.69) is 54.2 Å². The van der Waals surface area contributed by atoms with Gasteiger partial charge in [-0.05, 0) is 62.1 Å². The van der Waals surface area contributed by atoms with Crippen LogP contribution in [0.25, 0.3) is 27.3 Å². The van der Waals surface area contributed by atoms with Crippen LogP contribution in [-0.4, -0.2) is 27.9 Å². The number of nitrogens with zero attached hydrogens (tertiary/aromatic N) is 2. The van der Waals surface area contributed by atoms with Gasteiger partial charge in [0.05, 0.1) is 16.6 Å². The van der Waals surface area contributed by atoms with Gasteiger partial charge in [-0.25, -0.2) is 4.98 Å². The number of hydrogen-bond donors (Lipinski definition) is 1. The van der Waals surface area contributed by atoms with Crippen LogP contribution in [0, 0.1) is 6.92 Å². The van der Waals surface area contributed by atoms with E-state index in [1.807, 2.05) is 18.2 Å². The van der Waals surface area contributed by atoms with Crippen molar-refractivity contribution in [1.82, 2.24) is 14.7 Å². The summed E-state index contributed by atoms with van der Waals surface area (Å²) in [5, 5.41) is 5.48. The van der Waals surface area contributed by atoms with Gasteiger partial charge >= 0.3 is 5.97 Å². The largest absolute Gasteiger partial charge is 0.456 e. The van der Waals surface area contributed by atoms with E-state index >= 15 is 0 Å². The minimum atomic E-state index is -0.250. The van der Waals surface area contributed by atoms with E-state index in [0.29, 0.717) is 0 Å². The Hall–Kier alpha value is -2.92. The number of aryl methyl sites for hydroxylation is 1. The lowest BCUT2D eigenvalue weighted by Gasteiger charge is -2.21. The standard InChI is InChI=1S/C24H25N3O2/c1-3-22(29-24(28)20-9-6-10-25-20)18-12-21-23-17(14-27(21)13-15(18)2)11-16-7-4-5-8-19(16)26-23/h4-5,7-8,11-14,20,22,25H,3,6,9-10H2,1-2H3. The zero-order valence-electron chi connectivity index (χ0n) is 16.8. The summed E-state index contributed by atoms with van der Waals surface area (Å²) in [5.74, 6) is -0.141. The molecule has 0 saturated carbocycles. The van der Waals surface area contributed by atoms with Crippen molar-refractivity contribution in [2.75, 3.05) is 6.54 Å². The number of pyridine rings is 2. The molecule has 1 aliphatic rings. The summed E-state index contributed by atoms with van der Waals surface area (Å²) in [6, 6.07) is 12.3. The summed E-state index contributed by atoms with van der Waals surface area (Å²) >= 11 is 0. The first-order chi connectivity index (χ1) is 14.1. The zero-order chi connectivity index (χ0) is 20.0. The summed E-state index contributed by atoms with van der Waals surface area (Å²) in [6.45, 7) is 5.02. The van der Waals surface area contributed by atoms with E-state index in [-0.39, 0.29) is 18.1 Å². The molecule has 2 atom stereocenters. The number of rotatable bonds is 4. The fourth-order valence-corrected chi connectivity index (χ4v) is 4.39. The van der Waals surface area contributed by atoms with Crippen LogP contribution in [0.4, 0.5) is 0 Å². The number of carbonyl (C=O) groups excluding carboxylic acids is 1. The van der Waals surface area contributed by atoms with Gasteiger partial charge in [0.2, 0.25) is 0 Å². The summed E-state index contributed by atoms with van der Waals surface area (Å²) in [5.41, 5.74) is 5.17. The molecule has 1 aromatic carbocycles. The second-order valence-electron chi connectivity index (χ2n) is 7.94. The monoisotopic (exact) mass is 387 g/mol. The summed E-state index contributed by atoms with van der Waals surface area (Å²) in [4.78, 5) is 17.5. The highest BCUT2D eigenvalue weighted by atomic mass is 16.5. The van der Waals surface area contributed by atoms with E-state index < -0.39 is 0 Å². The number of ether oxygens (including phenoxy) is 1. The van der Waals surface area contributed by atoms with Crippen LogP contribution < -0.4 is 5.32 Å². The van der Waals surface area contributed by atoms with Gasteiger partial charge in [0, 0.05) is 23.2 Å². The molecular weight excluding hydrogens is 362 g/mol. The SMILES string of the molecule is CCC(OC(=O)C1CCCN1)c1cc2c3nc4ccccc4cc3cn2cc1C. The van der Waals surface area contributed by atoms with Crippen LogP contribution in [0.15, 0.2) is 48.8 Å². The van der Waals surface area contributed by atoms with Crippen molar-refractivity contribution in [1.29, 1.82) is 0 Å². The number of carbonyl (C=O) groups is 1. The van der Waals surface area contributed by atoms with E-state index in [4.69, 9.17) is 9.72 Å². The van der Waals surface area contributed by atoms with Gasteiger partial charge in [0.25, 0.3) is 0 Å². The molecule has 0 aliphatic carbocycles. The molecule has 1 fully saturated rings. The summed E-state index contributed by atoms with van der Waals surface area (Å²) in [7, 11) is 0. The molecule has 5 nitrogen and oxygen atoms in total. The molecular formula is C24H25N3O2. The van der Waals surface area contributed by atoms with Crippen molar-refractivity contribution in [3.05, 3.63) is 59.9 Å². The van der Waals surface area contributed by atoms with Gasteiger partial charge in [-0.3, -0.25) is 4.79 Å². The highest BCUT2D eigenvalue weighted by Crippen LogP contribution is 2.31. The lowest BCUT2D eigenvalue weighted by Crippen LogP contribution is -2.33. The van der Waals surface area contributed by atoms with Gasteiger partial charge in [-0.1, -0.05) is 25.1 Å². The molecule has 4 aromatic rings. The average Bonchev–Trinajstić information content (AvgIpc) is 3.37. The third kappa shape index (κ3) is 3.15. The predicted octanol–water partition coefficient (Wildman–Crippen LogP) is 4.70. The van der Waals surface area contributed by atoms with Gasteiger partial charge < -0.3 is 14.5 Å². The molecule has 29 heavy (non-hydrogen) atoms. The van der Waals surface area contributed by atoms with E-state index in [1.165, 1.54) is 0 Å². The molecule has 0 amide bonds. The molecule has 0 bridgehead atoms. The number of esters is 1. The number of nitrogens with one attached hydrogen (secondary N) is 1. The summed E-state index contributed by atoms with van der Waals surface area (Å²) < 4.78 is 8.05. The number of hydrogen-bond acceptors (Lipinski definition) is 4. The Balaban J connectivity index is 1.59. The minimum absolute atomic E-state index is 0.141. The maximum atomic E-state index is 12.6. The highest BCUT2D eigenvalue weighted by Gasteiger charge is 2.27. The van der Waals surface area contributed by atoms with Crippen LogP contribution in [0.2, 0.25) is 0 Å². The maximum Gasteiger partial charge on any atom is 0.323 e. The normalized spacial score (nSPS) is 17.9. The van der Waals surface area contributed by atoms with E-state index in [0.717, 1.165) is 64.3 Å². The molecule has 5 heteroatoms. The topological polar surface area (TPSA) is 55.6 Å². The van der Waals surface area contributed by atoms with E-state index in [1.54, 1.807) is 0 Å². The number of fused-ring (bicyclic) bond motifs is 4. The Morgan fingerprint density at radius 2 is 2.14 bits per heavy atom. The minimum Gasteiger partial charge on any atom is -0.456 e. The van der Waals surface area contributed by atoms with Crippen molar-refractivity contribution in [2.24, 2.45) is 0 Å². The second kappa shape index (κ2) is 7.16. The predicted molar refractivity (Wildman–Crippen MR) is 115 cm³/mol. The Kier molecular flexibility index (Phi) is 4.47. The first-order valence-electron chi connectivity index (χ1n) is 10.4. The van der Waals surface area contributed by atoms with Gasteiger partial charge in [-0.15, -0.1) is 0 Å². The Morgan fingerprint density at radius 1 is 1.28 bits per heavy atom. The summed E-state index contributed by atoms with van der Waals surface area (Å²) in [6.07, 6.45) is 6.60. The fraction of sp³-hybridized carbons (Fsp3) is 0.333. The molecule has 0 spiro atoms. The Morgan fingerprint density at radius 3 is 2.93 bits per heavy atom. The Labute approximate surface area is 169 Å². The average molecular weight is 387 g/mol. The lowest BCUT2D eigenvalue weighted by atomic mass is 10.0. The number of aromatic nitrogens is 2. The van der Waals surface area contributed by atoms with Gasteiger partial charge in [0.1, 0.15) is 12.1 Å².